The van der Waals surface area contributed by atoms with E-state index in [1.165, 1.54) is 18.6 Å². The lowest BCUT2D eigenvalue weighted by molar-refractivity contribution is 0.0911. The summed E-state index contributed by atoms with van der Waals surface area (Å²) >= 11 is 0. The summed E-state index contributed by atoms with van der Waals surface area (Å²) in [6, 6.07) is 7.72. The lowest BCUT2D eigenvalue weighted by Crippen LogP contribution is -2.36. The normalized spacial score (nSPS) is 15.8. The smallest absolute Gasteiger partial charge is 0.271 e. The number of carbonyl (C=O) groups is 1. The molecule has 0 aliphatic carbocycles. The number of hydrogen-bond donors (Lipinski definition) is 2. The molecular formula is C17H20N4O3. The van der Waals surface area contributed by atoms with Gasteiger partial charge in [0.1, 0.15) is 5.69 Å². The van der Waals surface area contributed by atoms with E-state index in [9.17, 15) is 9.90 Å². The van der Waals surface area contributed by atoms with Crippen LogP contribution in [0.15, 0.2) is 42.9 Å². The quantitative estimate of drug-likeness (QED) is 0.843. The molecule has 3 rings (SSSR count). The molecule has 1 fully saturated rings. The summed E-state index contributed by atoms with van der Waals surface area (Å²) in [5.74, 6) is -0.355. The van der Waals surface area contributed by atoms with Crippen LogP contribution in [0.4, 0.5) is 5.69 Å². The van der Waals surface area contributed by atoms with E-state index in [2.05, 4.69) is 20.2 Å². The Morgan fingerprint density at radius 3 is 2.67 bits per heavy atom. The van der Waals surface area contributed by atoms with Gasteiger partial charge in [-0.1, -0.05) is 12.1 Å². The Morgan fingerprint density at radius 1 is 1.25 bits per heavy atom. The minimum atomic E-state index is -0.774. The average molecular weight is 328 g/mol. The third kappa shape index (κ3) is 4.06. The Hall–Kier alpha value is -2.51. The third-order valence-corrected chi connectivity index (χ3v) is 3.91. The van der Waals surface area contributed by atoms with Crippen molar-refractivity contribution >= 4 is 11.6 Å². The van der Waals surface area contributed by atoms with E-state index < -0.39 is 6.10 Å². The van der Waals surface area contributed by atoms with Crippen LogP contribution in [0.3, 0.4) is 0 Å². The largest absolute Gasteiger partial charge is 0.387 e. The molecule has 24 heavy (non-hydrogen) atoms. The number of carbonyl (C=O) groups excluding carboxylic acids is 1. The van der Waals surface area contributed by atoms with E-state index in [-0.39, 0.29) is 18.1 Å². The van der Waals surface area contributed by atoms with Crippen LogP contribution < -0.4 is 10.2 Å². The van der Waals surface area contributed by atoms with Crippen molar-refractivity contribution in [3.05, 3.63) is 54.1 Å². The monoisotopic (exact) mass is 328 g/mol. The van der Waals surface area contributed by atoms with Crippen LogP contribution in [-0.4, -0.2) is 53.8 Å². The van der Waals surface area contributed by atoms with E-state index in [0.29, 0.717) is 0 Å². The number of aromatic nitrogens is 2. The molecule has 1 amide bonds. The lowest BCUT2D eigenvalue weighted by atomic mass is 10.1. The molecule has 126 valence electrons. The summed E-state index contributed by atoms with van der Waals surface area (Å²) in [5, 5.41) is 12.9. The number of morpholine rings is 1. The van der Waals surface area contributed by atoms with Gasteiger partial charge >= 0.3 is 0 Å². The molecule has 1 aromatic carbocycles. The summed E-state index contributed by atoms with van der Waals surface area (Å²) < 4.78 is 5.34. The van der Waals surface area contributed by atoms with Crippen LogP contribution in [0, 0.1) is 0 Å². The molecule has 1 atom stereocenters. The second-order valence-corrected chi connectivity index (χ2v) is 5.51. The van der Waals surface area contributed by atoms with Gasteiger partial charge in [-0.2, -0.15) is 0 Å². The summed E-state index contributed by atoms with van der Waals surface area (Å²) in [5.41, 5.74) is 2.09. The van der Waals surface area contributed by atoms with Crippen molar-refractivity contribution in [1.29, 1.82) is 0 Å². The van der Waals surface area contributed by atoms with E-state index in [1.807, 2.05) is 24.3 Å². The Kier molecular flexibility index (Phi) is 5.35. The number of benzene rings is 1. The number of amides is 1. The molecule has 7 nitrogen and oxygen atoms in total. The fraction of sp³-hybridized carbons (Fsp3) is 0.353. The van der Waals surface area contributed by atoms with Crippen LogP contribution in [0.5, 0.6) is 0 Å². The maximum Gasteiger partial charge on any atom is 0.271 e. The van der Waals surface area contributed by atoms with Gasteiger partial charge in [-0.3, -0.25) is 9.78 Å². The first-order valence-electron chi connectivity index (χ1n) is 7.89. The Labute approximate surface area is 140 Å². The van der Waals surface area contributed by atoms with Gasteiger partial charge in [0.05, 0.1) is 25.5 Å². The number of hydrogen-bond acceptors (Lipinski definition) is 6. The summed E-state index contributed by atoms with van der Waals surface area (Å²) in [6.45, 7) is 3.33. The van der Waals surface area contributed by atoms with E-state index >= 15 is 0 Å². The molecule has 2 aromatic rings. The maximum absolute atomic E-state index is 11.9. The van der Waals surface area contributed by atoms with Crippen LogP contribution >= 0.6 is 0 Å². The van der Waals surface area contributed by atoms with E-state index in [0.717, 1.165) is 37.6 Å². The second-order valence-electron chi connectivity index (χ2n) is 5.51. The first kappa shape index (κ1) is 16.4. The molecule has 1 aromatic heterocycles. The second kappa shape index (κ2) is 7.85. The molecular weight excluding hydrogens is 308 g/mol. The van der Waals surface area contributed by atoms with Gasteiger partial charge in [0.2, 0.25) is 0 Å². The summed E-state index contributed by atoms with van der Waals surface area (Å²) in [6.07, 6.45) is 3.57. The number of ether oxygens (including phenoxy) is 1. The van der Waals surface area contributed by atoms with Crippen LogP contribution in [0.1, 0.15) is 22.2 Å². The highest BCUT2D eigenvalue weighted by Gasteiger charge is 2.14. The first-order valence-corrected chi connectivity index (χ1v) is 7.89. The molecule has 0 saturated carbocycles. The Bertz CT molecular complexity index is 657. The molecule has 0 spiro atoms. The highest BCUT2D eigenvalue weighted by molar-refractivity contribution is 5.91. The zero-order chi connectivity index (χ0) is 16.8. The zero-order valence-electron chi connectivity index (χ0n) is 13.3. The molecule has 1 saturated heterocycles. The van der Waals surface area contributed by atoms with Crippen molar-refractivity contribution in [1.82, 2.24) is 15.3 Å². The molecule has 1 aliphatic rings. The van der Waals surface area contributed by atoms with Gasteiger partial charge in [0, 0.05) is 37.7 Å². The lowest BCUT2D eigenvalue weighted by Gasteiger charge is -2.29. The van der Waals surface area contributed by atoms with Crippen molar-refractivity contribution < 1.29 is 14.6 Å². The van der Waals surface area contributed by atoms with Crippen molar-refractivity contribution in [3.63, 3.8) is 0 Å². The van der Waals surface area contributed by atoms with Crippen molar-refractivity contribution in [2.45, 2.75) is 6.10 Å². The minimum absolute atomic E-state index is 0.117. The van der Waals surface area contributed by atoms with Gasteiger partial charge in [0.25, 0.3) is 5.91 Å². The summed E-state index contributed by atoms with van der Waals surface area (Å²) in [4.78, 5) is 21.9. The predicted octanol–water partition coefficient (Wildman–Crippen LogP) is 0.777. The van der Waals surface area contributed by atoms with Gasteiger partial charge in [-0.05, 0) is 17.7 Å². The SMILES string of the molecule is O=C(NCC(O)c1ccc(N2CCOCC2)cc1)c1cnccn1. The van der Waals surface area contributed by atoms with Crippen molar-refractivity contribution in [3.8, 4) is 0 Å². The van der Waals surface area contributed by atoms with E-state index in [4.69, 9.17) is 4.74 Å². The fourth-order valence-corrected chi connectivity index (χ4v) is 2.54. The third-order valence-electron chi connectivity index (χ3n) is 3.91. The van der Waals surface area contributed by atoms with Gasteiger partial charge < -0.3 is 20.1 Å². The number of nitrogens with zero attached hydrogens (tertiary/aromatic N) is 3. The standard InChI is InChI=1S/C17H20N4O3/c22-16(12-20-17(23)15-11-18-5-6-19-15)13-1-3-14(4-2-13)21-7-9-24-10-8-21/h1-6,11,16,22H,7-10,12H2,(H,20,23). The zero-order valence-corrected chi connectivity index (χ0v) is 13.3. The molecule has 1 unspecified atom stereocenters. The maximum atomic E-state index is 11.9. The van der Waals surface area contributed by atoms with Gasteiger partial charge in [-0.25, -0.2) is 4.98 Å². The number of anilines is 1. The minimum Gasteiger partial charge on any atom is -0.387 e. The van der Waals surface area contributed by atoms with E-state index in [1.54, 1.807) is 0 Å². The molecule has 7 heteroatoms. The predicted molar refractivity (Wildman–Crippen MR) is 88.8 cm³/mol. The van der Waals surface area contributed by atoms with Gasteiger partial charge in [-0.15, -0.1) is 0 Å². The van der Waals surface area contributed by atoms with Crippen LogP contribution in [0.25, 0.3) is 0 Å². The van der Waals surface area contributed by atoms with Crippen LogP contribution in [-0.2, 0) is 4.74 Å². The van der Waals surface area contributed by atoms with Crippen molar-refractivity contribution in [2.24, 2.45) is 0 Å². The highest BCUT2D eigenvalue weighted by Crippen LogP contribution is 2.20. The fourth-order valence-electron chi connectivity index (χ4n) is 2.54. The molecule has 2 N–H and O–H groups in total. The molecule has 2 heterocycles. The number of rotatable bonds is 5. The molecule has 0 bridgehead atoms. The average Bonchev–Trinajstić information content (AvgIpc) is 2.67. The highest BCUT2D eigenvalue weighted by atomic mass is 16.5. The van der Waals surface area contributed by atoms with Gasteiger partial charge in [0.15, 0.2) is 0 Å². The van der Waals surface area contributed by atoms with Crippen LogP contribution in [0.2, 0.25) is 0 Å². The Balaban J connectivity index is 1.55. The Morgan fingerprint density at radius 2 is 2.00 bits per heavy atom. The summed E-state index contributed by atoms with van der Waals surface area (Å²) in [7, 11) is 0. The van der Waals surface area contributed by atoms with Crippen molar-refractivity contribution in [2.75, 3.05) is 37.7 Å². The molecule has 0 radical (unpaired) electrons. The number of aliphatic hydroxyl groups is 1. The number of nitrogens with one attached hydrogen (secondary N) is 1. The molecule has 1 aliphatic heterocycles. The topological polar surface area (TPSA) is 87.6 Å². The number of aliphatic hydroxyl groups excluding tert-OH is 1. The first-order chi connectivity index (χ1) is 11.7.